The van der Waals surface area contributed by atoms with E-state index in [-0.39, 0.29) is 11.8 Å². The molecule has 0 atom stereocenters. The summed E-state index contributed by atoms with van der Waals surface area (Å²) in [6, 6.07) is 15.2. The first-order valence-electron chi connectivity index (χ1n) is 7.57. The first kappa shape index (κ1) is 15.1. The lowest BCUT2D eigenvalue weighted by Gasteiger charge is -2.08. The minimum atomic E-state index is -0.0596. The Morgan fingerprint density at radius 2 is 2.00 bits per heavy atom. The third kappa shape index (κ3) is 4.10. The molecule has 0 radical (unpaired) electrons. The normalized spacial score (nSPS) is 12.4. The second kappa shape index (κ2) is 6.96. The van der Waals surface area contributed by atoms with Crippen LogP contribution in [0, 0.1) is 0 Å². The minimum Gasteiger partial charge on any atom is -0.493 e. The zero-order valence-electron chi connectivity index (χ0n) is 12.7. The number of benzene rings is 2. The van der Waals surface area contributed by atoms with Crippen LogP contribution < -0.4 is 15.4 Å². The van der Waals surface area contributed by atoms with E-state index in [0.717, 1.165) is 22.6 Å². The molecule has 2 N–H and O–H groups in total. The lowest BCUT2D eigenvalue weighted by atomic mass is 10.1. The molecule has 0 fully saturated rings. The highest BCUT2D eigenvalue weighted by atomic mass is 16.5. The van der Waals surface area contributed by atoms with E-state index in [2.05, 4.69) is 10.6 Å². The molecule has 2 amide bonds. The van der Waals surface area contributed by atoms with E-state index in [9.17, 15) is 9.59 Å². The molecule has 118 valence electrons. The van der Waals surface area contributed by atoms with Gasteiger partial charge in [-0.05, 0) is 29.3 Å². The molecule has 2 aromatic carbocycles. The molecule has 0 unspecified atom stereocenters. The van der Waals surface area contributed by atoms with Crippen LogP contribution in [0.4, 0.5) is 5.69 Å². The van der Waals surface area contributed by atoms with Gasteiger partial charge in [-0.25, -0.2) is 0 Å². The topological polar surface area (TPSA) is 67.4 Å². The van der Waals surface area contributed by atoms with E-state index >= 15 is 0 Å². The molecule has 5 nitrogen and oxygen atoms in total. The van der Waals surface area contributed by atoms with Crippen molar-refractivity contribution in [1.29, 1.82) is 0 Å². The number of hydrogen-bond acceptors (Lipinski definition) is 3. The van der Waals surface area contributed by atoms with Crippen molar-refractivity contribution >= 4 is 17.5 Å². The number of nitrogens with one attached hydrogen (secondary N) is 2. The number of carbonyl (C=O) groups excluding carboxylic acids is 2. The van der Waals surface area contributed by atoms with Crippen molar-refractivity contribution in [2.24, 2.45) is 0 Å². The van der Waals surface area contributed by atoms with Crippen molar-refractivity contribution in [1.82, 2.24) is 5.32 Å². The molecule has 2 aromatic rings. The number of ether oxygens (including phenoxy) is 1. The summed E-state index contributed by atoms with van der Waals surface area (Å²) in [7, 11) is 0. The molecule has 1 aliphatic heterocycles. The Labute approximate surface area is 134 Å². The van der Waals surface area contributed by atoms with Crippen LogP contribution in [-0.4, -0.2) is 18.4 Å². The molecule has 0 aliphatic carbocycles. The van der Waals surface area contributed by atoms with Crippen LogP contribution >= 0.6 is 0 Å². The number of hydrogen-bond donors (Lipinski definition) is 2. The van der Waals surface area contributed by atoms with Crippen LogP contribution in [0.15, 0.2) is 48.5 Å². The van der Waals surface area contributed by atoms with Gasteiger partial charge in [-0.1, -0.05) is 30.3 Å². The molecule has 1 heterocycles. The van der Waals surface area contributed by atoms with Crippen LogP contribution in [0.3, 0.4) is 0 Å². The van der Waals surface area contributed by atoms with Gasteiger partial charge >= 0.3 is 0 Å². The number of amides is 2. The van der Waals surface area contributed by atoms with Crippen LogP contribution in [-0.2, 0) is 22.6 Å². The van der Waals surface area contributed by atoms with Crippen molar-refractivity contribution in [3.05, 3.63) is 59.7 Å². The molecule has 1 aliphatic rings. The van der Waals surface area contributed by atoms with Crippen molar-refractivity contribution < 1.29 is 14.3 Å². The Morgan fingerprint density at radius 3 is 2.83 bits per heavy atom. The maximum absolute atomic E-state index is 11.8. The summed E-state index contributed by atoms with van der Waals surface area (Å²) >= 11 is 0. The van der Waals surface area contributed by atoms with Gasteiger partial charge in [0.2, 0.25) is 11.8 Å². The number of fused-ring (bicyclic) bond motifs is 1. The summed E-state index contributed by atoms with van der Waals surface area (Å²) in [6.07, 6.45) is 0.710. The highest BCUT2D eigenvalue weighted by Crippen LogP contribution is 2.23. The number of anilines is 1. The third-order valence-corrected chi connectivity index (χ3v) is 3.63. The van der Waals surface area contributed by atoms with Gasteiger partial charge in [-0.15, -0.1) is 0 Å². The fourth-order valence-corrected chi connectivity index (χ4v) is 2.46. The van der Waals surface area contributed by atoms with Crippen LogP contribution in [0.25, 0.3) is 0 Å². The van der Waals surface area contributed by atoms with Gasteiger partial charge in [-0.3, -0.25) is 9.59 Å². The van der Waals surface area contributed by atoms with Gasteiger partial charge in [0.25, 0.3) is 0 Å². The molecule has 0 aromatic heterocycles. The molecular formula is C18H18N2O3. The fourth-order valence-electron chi connectivity index (χ4n) is 2.46. The standard InChI is InChI=1S/C18H18N2O3/c21-17(8-9-23-15-4-2-1-3-5-15)19-12-13-6-7-16-14(10-13)11-18(22)20-16/h1-7,10H,8-9,11-12H2,(H,19,21)(H,20,22). The lowest BCUT2D eigenvalue weighted by molar-refractivity contribution is -0.121. The van der Waals surface area contributed by atoms with Crippen molar-refractivity contribution in [3.63, 3.8) is 0 Å². The molecule has 0 bridgehead atoms. The van der Waals surface area contributed by atoms with Gasteiger partial charge in [0, 0.05) is 12.2 Å². The maximum atomic E-state index is 11.8. The summed E-state index contributed by atoms with van der Waals surface area (Å²) < 4.78 is 5.49. The molecule has 3 rings (SSSR count). The predicted molar refractivity (Wildman–Crippen MR) is 87.2 cm³/mol. The second-order valence-electron chi connectivity index (χ2n) is 5.40. The average Bonchev–Trinajstić information content (AvgIpc) is 2.93. The first-order valence-corrected chi connectivity index (χ1v) is 7.57. The van der Waals surface area contributed by atoms with Crippen molar-refractivity contribution in [3.8, 4) is 5.75 Å². The smallest absolute Gasteiger partial charge is 0.228 e. The van der Waals surface area contributed by atoms with Gasteiger partial charge < -0.3 is 15.4 Å². The summed E-state index contributed by atoms with van der Waals surface area (Å²) in [4.78, 5) is 23.2. The van der Waals surface area contributed by atoms with Gasteiger partial charge in [0.1, 0.15) is 5.75 Å². The first-order chi connectivity index (χ1) is 11.2. The maximum Gasteiger partial charge on any atom is 0.228 e. The third-order valence-electron chi connectivity index (χ3n) is 3.63. The number of rotatable bonds is 6. The highest BCUT2D eigenvalue weighted by Gasteiger charge is 2.17. The second-order valence-corrected chi connectivity index (χ2v) is 5.40. The van der Waals surface area contributed by atoms with E-state index in [1.165, 1.54) is 0 Å². The van der Waals surface area contributed by atoms with Crippen molar-refractivity contribution in [2.75, 3.05) is 11.9 Å². The Bertz CT molecular complexity index is 713. The lowest BCUT2D eigenvalue weighted by Crippen LogP contribution is -2.24. The van der Waals surface area contributed by atoms with E-state index in [0.29, 0.717) is 26.0 Å². The van der Waals surface area contributed by atoms with Gasteiger partial charge in [-0.2, -0.15) is 0 Å². The van der Waals surface area contributed by atoms with E-state index < -0.39 is 0 Å². The molecule has 0 saturated heterocycles. The van der Waals surface area contributed by atoms with Crippen LogP contribution in [0.5, 0.6) is 5.75 Å². The Hall–Kier alpha value is -2.82. The Morgan fingerprint density at radius 1 is 1.17 bits per heavy atom. The minimum absolute atomic E-state index is 0.0132. The summed E-state index contributed by atoms with van der Waals surface area (Å²) in [5.41, 5.74) is 2.83. The van der Waals surface area contributed by atoms with E-state index in [1.54, 1.807) is 0 Å². The van der Waals surface area contributed by atoms with Crippen LogP contribution in [0.2, 0.25) is 0 Å². The highest BCUT2D eigenvalue weighted by molar-refractivity contribution is 5.99. The SMILES string of the molecule is O=C(CCOc1ccccc1)NCc1ccc2c(c1)CC(=O)N2. The van der Waals surface area contributed by atoms with Crippen molar-refractivity contribution in [2.45, 2.75) is 19.4 Å². The number of carbonyl (C=O) groups is 2. The molecule has 0 spiro atoms. The molecule has 5 heteroatoms. The molecule has 0 saturated carbocycles. The van der Waals surface area contributed by atoms with Crippen LogP contribution in [0.1, 0.15) is 17.5 Å². The monoisotopic (exact) mass is 310 g/mol. The molecular weight excluding hydrogens is 292 g/mol. The quantitative estimate of drug-likeness (QED) is 0.860. The average molecular weight is 310 g/mol. The Kier molecular flexibility index (Phi) is 4.57. The zero-order valence-corrected chi connectivity index (χ0v) is 12.7. The summed E-state index contributed by atoms with van der Waals surface area (Å²) in [5, 5.41) is 5.65. The van der Waals surface area contributed by atoms with Gasteiger partial charge in [0.05, 0.1) is 19.4 Å². The van der Waals surface area contributed by atoms with E-state index in [1.807, 2.05) is 48.5 Å². The number of para-hydroxylation sites is 1. The summed E-state index contributed by atoms with van der Waals surface area (Å²) in [6.45, 7) is 0.796. The Balaban J connectivity index is 1.43. The molecule has 23 heavy (non-hydrogen) atoms. The zero-order chi connectivity index (χ0) is 16.1. The van der Waals surface area contributed by atoms with Gasteiger partial charge in [0.15, 0.2) is 0 Å². The predicted octanol–water partition coefficient (Wildman–Crippen LogP) is 2.27. The fraction of sp³-hybridized carbons (Fsp3) is 0.222. The summed E-state index contributed by atoms with van der Waals surface area (Å²) in [5.74, 6) is 0.714. The van der Waals surface area contributed by atoms with E-state index in [4.69, 9.17) is 4.74 Å². The largest absolute Gasteiger partial charge is 0.493 e.